The summed E-state index contributed by atoms with van der Waals surface area (Å²) in [6.45, 7) is 1.90. The molecule has 1 saturated carbocycles. The fraction of sp³-hybridized carbons (Fsp3) is 0.333. The lowest BCUT2D eigenvalue weighted by Crippen LogP contribution is -2.49. The quantitative estimate of drug-likeness (QED) is 0.406. The number of carbonyl (C=O) groups is 2. The number of rotatable bonds is 3. The average molecular weight is 537 g/mol. The number of benzene rings is 2. The van der Waals surface area contributed by atoms with Gasteiger partial charge in [-0.1, -0.05) is 35.9 Å². The third kappa shape index (κ3) is 3.00. The molecule has 2 amide bonds. The fourth-order valence-electron chi connectivity index (χ4n) is 6.51. The van der Waals surface area contributed by atoms with Gasteiger partial charge in [0.1, 0.15) is 0 Å². The largest absolute Gasteiger partial charge is 0.503 e. The number of ether oxygens (including phenoxy) is 1. The maximum atomic E-state index is 14.2. The first-order chi connectivity index (χ1) is 18.1. The smallest absolute Gasteiger partial charge is 0.347 e. The van der Waals surface area contributed by atoms with Crippen LogP contribution in [0.5, 0.6) is 11.5 Å². The van der Waals surface area contributed by atoms with Crippen LogP contribution in [0.3, 0.4) is 0 Å². The van der Waals surface area contributed by atoms with Crippen LogP contribution in [0.1, 0.15) is 30.9 Å². The van der Waals surface area contributed by atoms with Crippen LogP contribution in [0.15, 0.2) is 63.7 Å². The van der Waals surface area contributed by atoms with Crippen LogP contribution in [0.2, 0.25) is 5.02 Å². The van der Waals surface area contributed by atoms with Crippen LogP contribution in [0.4, 0.5) is 5.69 Å². The van der Waals surface area contributed by atoms with E-state index in [1.807, 2.05) is 6.08 Å². The second kappa shape index (κ2) is 8.22. The van der Waals surface area contributed by atoms with Gasteiger partial charge >= 0.3 is 11.4 Å². The molecule has 2 fully saturated rings. The monoisotopic (exact) mass is 536 g/mol. The molecule has 2 aromatic carbocycles. The average Bonchev–Trinajstić information content (AvgIpc) is 3.25. The van der Waals surface area contributed by atoms with Crippen molar-refractivity contribution in [1.29, 1.82) is 0 Å². The number of halogens is 1. The number of methoxy groups -OCH3 is 1. The molecule has 0 radical (unpaired) electrons. The van der Waals surface area contributed by atoms with Gasteiger partial charge in [-0.25, -0.2) is 28.4 Å². The van der Waals surface area contributed by atoms with E-state index >= 15 is 0 Å². The zero-order valence-corrected chi connectivity index (χ0v) is 21.7. The maximum absolute atomic E-state index is 14.2. The molecule has 4 atom stereocenters. The van der Waals surface area contributed by atoms with Gasteiger partial charge in [0.2, 0.25) is 11.8 Å². The van der Waals surface area contributed by atoms with Crippen molar-refractivity contribution in [3.8, 4) is 11.5 Å². The molecule has 0 bridgehead atoms. The van der Waals surface area contributed by atoms with E-state index in [4.69, 9.17) is 16.3 Å². The van der Waals surface area contributed by atoms with E-state index in [2.05, 4.69) is 0 Å². The zero-order chi connectivity index (χ0) is 27.1. The Morgan fingerprint density at radius 2 is 1.79 bits per heavy atom. The number of hydrogen-bond acceptors (Lipinski definition) is 6. The van der Waals surface area contributed by atoms with Gasteiger partial charge in [0.25, 0.3) is 0 Å². The first kappa shape index (κ1) is 24.3. The molecule has 1 saturated heterocycles. The van der Waals surface area contributed by atoms with Crippen molar-refractivity contribution in [2.24, 2.45) is 18.4 Å². The van der Waals surface area contributed by atoms with E-state index in [-0.39, 0.29) is 41.3 Å². The number of phenols is 1. The van der Waals surface area contributed by atoms with Gasteiger partial charge in [-0.05, 0) is 48.7 Å². The van der Waals surface area contributed by atoms with E-state index in [1.165, 1.54) is 28.4 Å². The number of allylic oxidation sites excluding steroid dienone is 2. The first-order valence-corrected chi connectivity index (χ1v) is 12.6. The van der Waals surface area contributed by atoms with Crippen molar-refractivity contribution < 1.29 is 19.4 Å². The Balaban J connectivity index is 1.61. The van der Waals surface area contributed by atoms with E-state index in [9.17, 15) is 24.3 Å². The molecule has 6 rings (SSSR count). The highest BCUT2D eigenvalue weighted by atomic mass is 35.5. The minimum absolute atomic E-state index is 0.0310. The molecule has 1 aromatic heterocycles. The van der Waals surface area contributed by atoms with Gasteiger partial charge in [-0.15, -0.1) is 0 Å². The lowest BCUT2D eigenvalue weighted by Gasteiger charge is -2.47. The molecule has 3 aromatic rings. The molecule has 0 unspecified atom stereocenters. The number of anilines is 1. The third-order valence-corrected chi connectivity index (χ3v) is 8.64. The Hall–Kier alpha value is -4.05. The number of para-hydroxylation sites is 1. The summed E-state index contributed by atoms with van der Waals surface area (Å²) in [7, 11) is 2.81. The van der Waals surface area contributed by atoms with Crippen molar-refractivity contribution >= 4 is 29.1 Å². The summed E-state index contributed by atoms with van der Waals surface area (Å²) in [5, 5.41) is 10.4. The molecule has 38 heavy (non-hydrogen) atoms. The molecule has 3 aliphatic rings. The van der Waals surface area contributed by atoms with Gasteiger partial charge in [-0.3, -0.25) is 9.59 Å². The third-order valence-electron chi connectivity index (χ3n) is 8.35. The number of carbonyl (C=O) groups excluding carboxylic acids is 2. The number of phenolic OH excluding ortho intramolecular Hbond substituents is 1. The summed E-state index contributed by atoms with van der Waals surface area (Å²) < 4.78 is 9.14. The maximum Gasteiger partial charge on any atom is 0.347 e. The molecule has 11 heteroatoms. The van der Waals surface area contributed by atoms with Gasteiger partial charge in [0.05, 0.1) is 41.7 Å². The Labute approximate surface area is 221 Å². The summed E-state index contributed by atoms with van der Waals surface area (Å²) in [4.78, 5) is 55.3. The summed E-state index contributed by atoms with van der Waals surface area (Å²) in [6.07, 6.45) is 2.02. The highest BCUT2D eigenvalue weighted by Crippen LogP contribution is 2.61. The minimum atomic E-state index is -1.23. The highest BCUT2D eigenvalue weighted by molar-refractivity contribution is 6.32. The summed E-state index contributed by atoms with van der Waals surface area (Å²) in [5.41, 5.74) is -0.430. The van der Waals surface area contributed by atoms with Gasteiger partial charge in [-0.2, -0.15) is 0 Å². The second-order valence-corrected chi connectivity index (χ2v) is 10.5. The van der Waals surface area contributed by atoms with Gasteiger partial charge in [0, 0.05) is 13.0 Å². The first-order valence-electron chi connectivity index (χ1n) is 12.2. The fourth-order valence-corrected chi connectivity index (χ4v) is 6.72. The van der Waals surface area contributed by atoms with E-state index < -0.39 is 34.7 Å². The summed E-state index contributed by atoms with van der Waals surface area (Å²) in [6, 6.07) is 11.3. The molecular weight excluding hydrogens is 512 g/mol. The van der Waals surface area contributed by atoms with E-state index in [1.54, 1.807) is 49.4 Å². The Morgan fingerprint density at radius 3 is 2.47 bits per heavy atom. The zero-order valence-electron chi connectivity index (χ0n) is 20.9. The topological polar surface area (TPSA) is 116 Å². The van der Waals surface area contributed by atoms with Crippen molar-refractivity contribution in [3.05, 3.63) is 85.7 Å². The van der Waals surface area contributed by atoms with E-state index in [0.717, 1.165) is 10.1 Å². The second-order valence-electron chi connectivity index (χ2n) is 10.1. The van der Waals surface area contributed by atoms with E-state index in [0.29, 0.717) is 11.3 Å². The van der Waals surface area contributed by atoms with Crippen LogP contribution >= 0.6 is 11.6 Å². The standard InChI is InChI=1S/C27H25ClN4O6/c1-27-17(23(34)31(24(27)35)15-7-5-4-6-8-15)13-19-16(9-10-30-25(36)29(2)26(37)32(19)30)21(27)14-11-18(28)22(33)20(12-14)38-3/h4-9,11-12,17,19,21,33H,10,13H2,1-3H3/t17-,19+,21-,27+/m0/s1. The number of amides is 2. The van der Waals surface area contributed by atoms with Gasteiger partial charge < -0.3 is 9.84 Å². The number of fused-ring (bicyclic) bond motifs is 4. The molecule has 2 aliphatic heterocycles. The normalized spacial score (nSPS) is 26.1. The number of aromatic nitrogens is 3. The molecule has 1 N–H and O–H groups in total. The molecule has 1 aliphatic carbocycles. The lowest BCUT2D eigenvalue weighted by atomic mass is 9.56. The number of aromatic hydroxyl groups is 1. The van der Waals surface area contributed by atoms with Crippen molar-refractivity contribution in [2.75, 3.05) is 12.0 Å². The summed E-state index contributed by atoms with van der Waals surface area (Å²) >= 11 is 6.38. The minimum Gasteiger partial charge on any atom is -0.503 e. The van der Waals surface area contributed by atoms with Crippen LogP contribution in [0.25, 0.3) is 0 Å². The molecule has 0 spiro atoms. The van der Waals surface area contributed by atoms with Crippen molar-refractivity contribution in [1.82, 2.24) is 13.9 Å². The van der Waals surface area contributed by atoms with Gasteiger partial charge in [0.15, 0.2) is 11.5 Å². The molecule has 196 valence electrons. The Kier molecular flexibility index (Phi) is 5.26. The predicted octanol–water partition coefficient (Wildman–Crippen LogP) is 2.58. The van der Waals surface area contributed by atoms with Crippen LogP contribution in [0, 0.1) is 11.3 Å². The number of hydrogen-bond donors (Lipinski definition) is 1. The molecule has 3 heterocycles. The van der Waals surface area contributed by atoms with Crippen LogP contribution < -0.4 is 21.0 Å². The number of nitrogens with zero attached hydrogens (tertiary/aromatic N) is 4. The lowest BCUT2D eigenvalue weighted by molar-refractivity contribution is -0.129. The predicted molar refractivity (Wildman–Crippen MR) is 139 cm³/mol. The van der Waals surface area contributed by atoms with Crippen LogP contribution in [-0.4, -0.2) is 38.0 Å². The van der Waals surface area contributed by atoms with Crippen molar-refractivity contribution in [2.45, 2.75) is 31.8 Å². The molecular formula is C27H25ClN4O6. The highest BCUT2D eigenvalue weighted by Gasteiger charge is 2.65. The Morgan fingerprint density at radius 1 is 1.08 bits per heavy atom. The Bertz CT molecular complexity index is 1670. The SMILES string of the molecule is COc1cc([C@H]2C3=CCn4c(=O)n(C)c(=O)n4[C@@H]3C[C@H]3C(=O)N(c4ccccc4)C(=O)[C@@]23C)cc(Cl)c1O. The molecule has 10 nitrogen and oxygen atoms in total. The van der Waals surface area contributed by atoms with Crippen molar-refractivity contribution in [3.63, 3.8) is 0 Å². The summed E-state index contributed by atoms with van der Waals surface area (Å²) in [5.74, 6) is -2.34. The van der Waals surface area contributed by atoms with Crippen LogP contribution in [-0.2, 0) is 23.2 Å². The number of imide groups is 1.